The van der Waals surface area contributed by atoms with Crippen molar-refractivity contribution in [1.82, 2.24) is 20.4 Å². The number of benzene rings is 1. The van der Waals surface area contributed by atoms with Crippen LogP contribution in [0, 0.1) is 0 Å². The Morgan fingerprint density at radius 2 is 1.96 bits per heavy atom. The van der Waals surface area contributed by atoms with Crippen LogP contribution in [0.1, 0.15) is 44.0 Å². The van der Waals surface area contributed by atoms with E-state index < -0.39 is 0 Å². The molecule has 0 radical (unpaired) electrons. The SMILES string of the molecule is CC(C)c1noc(CN(C)[C@H](C)C(=O)NCc2ccccc2)n1. The molecule has 1 amide bonds. The maximum atomic E-state index is 12.2. The van der Waals surface area contributed by atoms with Gasteiger partial charge in [0.25, 0.3) is 0 Å². The molecule has 1 aromatic carbocycles. The van der Waals surface area contributed by atoms with Gasteiger partial charge in [-0.3, -0.25) is 9.69 Å². The van der Waals surface area contributed by atoms with Gasteiger partial charge in [-0.1, -0.05) is 49.3 Å². The second-order valence-corrected chi connectivity index (χ2v) is 6.00. The normalized spacial score (nSPS) is 12.6. The van der Waals surface area contributed by atoms with Crippen LogP contribution in [0.2, 0.25) is 0 Å². The molecule has 1 atom stereocenters. The molecule has 0 spiro atoms. The van der Waals surface area contributed by atoms with Crippen LogP contribution in [-0.2, 0) is 17.9 Å². The lowest BCUT2D eigenvalue weighted by Gasteiger charge is -2.22. The van der Waals surface area contributed by atoms with Crippen LogP contribution >= 0.6 is 0 Å². The highest BCUT2D eigenvalue weighted by molar-refractivity contribution is 5.81. The second-order valence-electron chi connectivity index (χ2n) is 6.00. The number of nitrogens with one attached hydrogen (secondary N) is 1. The van der Waals surface area contributed by atoms with E-state index in [0.29, 0.717) is 24.8 Å². The number of likely N-dealkylation sites (N-methyl/N-ethyl adjacent to an activating group) is 1. The van der Waals surface area contributed by atoms with Gasteiger partial charge in [-0.25, -0.2) is 0 Å². The molecule has 0 bridgehead atoms. The van der Waals surface area contributed by atoms with Gasteiger partial charge in [-0.05, 0) is 19.5 Å². The number of nitrogens with zero attached hydrogens (tertiary/aromatic N) is 3. The number of hydrogen-bond donors (Lipinski definition) is 1. The van der Waals surface area contributed by atoms with Gasteiger partial charge in [0.1, 0.15) is 0 Å². The first kappa shape index (κ1) is 17.1. The summed E-state index contributed by atoms with van der Waals surface area (Å²) in [4.78, 5) is 18.5. The van der Waals surface area contributed by atoms with Crippen molar-refractivity contribution in [2.45, 2.75) is 45.8 Å². The van der Waals surface area contributed by atoms with Gasteiger partial charge in [0, 0.05) is 12.5 Å². The molecule has 1 N–H and O–H groups in total. The maximum Gasteiger partial charge on any atom is 0.240 e. The molecule has 0 aliphatic heterocycles. The summed E-state index contributed by atoms with van der Waals surface area (Å²) in [6, 6.07) is 9.56. The molecular formula is C17H24N4O2. The lowest BCUT2D eigenvalue weighted by molar-refractivity contribution is -0.125. The van der Waals surface area contributed by atoms with E-state index in [1.54, 1.807) is 0 Å². The Bertz CT molecular complexity index is 625. The molecule has 0 aliphatic rings. The number of rotatable bonds is 7. The van der Waals surface area contributed by atoms with Gasteiger partial charge in [0.05, 0.1) is 12.6 Å². The summed E-state index contributed by atoms with van der Waals surface area (Å²) < 4.78 is 5.22. The summed E-state index contributed by atoms with van der Waals surface area (Å²) in [5.41, 5.74) is 1.08. The first-order valence-corrected chi connectivity index (χ1v) is 7.81. The van der Waals surface area contributed by atoms with E-state index in [2.05, 4.69) is 15.5 Å². The van der Waals surface area contributed by atoms with E-state index in [9.17, 15) is 4.79 Å². The smallest absolute Gasteiger partial charge is 0.240 e. The van der Waals surface area contributed by atoms with Gasteiger partial charge in [0.15, 0.2) is 5.82 Å². The van der Waals surface area contributed by atoms with E-state index in [1.165, 1.54) is 0 Å². The van der Waals surface area contributed by atoms with Gasteiger partial charge in [-0.15, -0.1) is 0 Å². The molecule has 6 nitrogen and oxygen atoms in total. The third-order valence-electron chi connectivity index (χ3n) is 3.74. The van der Waals surface area contributed by atoms with Crippen LogP contribution in [0.3, 0.4) is 0 Å². The Balaban J connectivity index is 1.85. The fraction of sp³-hybridized carbons (Fsp3) is 0.471. The first-order chi connectivity index (χ1) is 11.0. The lowest BCUT2D eigenvalue weighted by atomic mass is 10.2. The highest BCUT2D eigenvalue weighted by Crippen LogP contribution is 2.11. The Hall–Kier alpha value is -2.21. The van der Waals surface area contributed by atoms with Crippen LogP contribution in [0.15, 0.2) is 34.9 Å². The highest BCUT2D eigenvalue weighted by atomic mass is 16.5. The predicted octanol–water partition coefficient (Wildman–Crippen LogP) is 2.33. The van der Waals surface area contributed by atoms with Crippen LogP contribution < -0.4 is 5.32 Å². The van der Waals surface area contributed by atoms with Crippen LogP contribution in [0.5, 0.6) is 0 Å². The van der Waals surface area contributed by atoms with E-state index >= 15 is 0 Å². The van der Waals surface area contributed by atoms with Crippen molar-refractivity contribution in [3.05, 3.63) is 47.6 Å². The maximum absolute atomic E-state index is 12.2. The zero-order valence-electron chi connectivity index (χ0n) is 14.1. The summed E-state index contributed by atoms with van der Waals surface area (Å²) in [7, 11) is 1.87. The minimum atomic E-state index is -0.284. The number of amides is 1. The van der Waals surface area contributed by atoms with E-state index in [1.807, 2.05) is 63.1 Å². The van der Waals surface area contributed by atoms with Gasteiger partial charge in [0.2, 0.25) is 11.8 Å². The van der Waals surface area contributed by atoms with Crippen molar-refractivity contribution in [1.29, 1.82) is 0 Å². The second kappa shape index (κ2) is 7.87. The first-order valence-electron chi connectivity index (χ1n) is 7.81. The minimum Gasteiger partial charge on any atom is -0.351 e. The van der Waals surface area contributed by atoms with Crippen LogP contribution in [-0.4, -0.2) is 34.0 Å². The molecule has 0 aliphatic carbocycles. The zero-order chi connectivity index (χ0) is 16.8. The number of aromatic nitrogens is 2. The van der Waals surface area contributed by atoms with E-state index in [-0.39, 0.29) is 17.9 Å². The van der Waals surface area contributed by atoms with E-state index in [4.69, 9.17) is 4.52 Å². The molecule has 0 saturated heterocycles. The zero-order valence-corrected chi connectivity index (χ0v) is 14.1. The van der Waals surface area contributed by atoms with Gasteiger partial charge in [-0.2, -0.15) is 4.98 Å². The molecule has 2 rings (SSSR count). The fourth-order valence-electron chi connectivity index (χ4n) is 2.05. The van der Waals surface area contributed by atoms with Crippen molar-refractivity contribution in [2.24, 2.45) is 0 Å². The summed E-state index contributed by atoms with van der Waals surface area (Å²) >= 11 is 0. The molecule has 2 aromatic rings. The Kier molecular flexibility index (Phi) is 5.87. The Morgan fingerprint density at radius 1 is 1.26 bits per heavy atom. The number of carbonyl (C=O) groups excluding carboxylic acids is 1. The average Bonchev–Trinajstić information content (AvgIpc) is 3.01. The predicted molar refractivity (Wildman–Crippen MR) is 87.6 cm³/mol. The lowest BCUT2D eigenvalue weighted by Crippen LogP contribution is -2.42. The van der Waals surface area contributed by atoms with Gasteiger partial charge >= 0.3 is 0 Å². The molecule has 124 valence electrons. The third-order valence-corrected chi connectivity index (χ3v) is 3.74. The van der Waals surface area contributed by atoms with Crippen molar-refractivity contribution in [3.8, 4) is 0 Å². The molecule has 6 heteroatoms. The molecule has 0 fully saturated rings. The van der Waals surface area contributed by atoms with E-state index in [0.717, 1.165) is 5.56 Å². The monoisotopic (exact) mass is 316 g/mol. The highest BCUT2D eigenvalue weighted by Gasteiger charge is 2.20. The molecular weight excluding hydrogens is 292 g/mol. The molecule has 1 aromatic heterocycles. The van der Waals surface area contributed by atoms with Gasteiger partial charge < -0.3 is 9.84 Å². The topological polar surface area (TPSA) is 71.3 Å². The Morgan fingerprint density at radius 3 is 2.57 bits per heavy atom. The molecule has 23 heavy (non-hydrogen) atoms. The van der Waals surface area contributed by atoms with Crippen molar-refractivity contribution < 1.29 is 9.32 Å². The molecule has 0 unspecified atom stereocenters. The Labute approximate surface area is 136 Å². The minimum absolute atomic E-state index is 0.0278. The third kappa shape index (κ3) is 4.89. The van der Waals surface area contributed by atoms with Crippen molar-refractivity contribution in [3.63, 3.8) is 0 Å². The standard InChI is InChI=1S/C17H24N4O2/c1-12(2)16-19-15(23-20-16)11-21(4)13(3)17(22)18-10-14-8-6-5-7-9-14/h5-9,12-13H,10-11H2,1-4H3,(H,18,22)/t13-/m1/s1. The average molecular weight is 316 g/mol. The quantitative estimate of drug-likeness (QED) is 0.849. The number of carbonyl (C=O) groups is 1. The largest absolute Gasteiger partial charge is 0.351 e. The summed E-state index contributed by atoms with van der Waals surface area (Å²) in [6.07, 6.45) is 0. The number of hydrogen-bond acceptors (Lipinski definition) is 5. The fourth-order valence-corrected chi connectivity index (χ4v) is 2.05. The summed E-state index contributed by atoms with van der Waals surface area (Å²) in [5, 5.41) is 6.88. The summed E-state index contributed by atoms with van der Waals surface area (Å²) in [6.45, 7) is 6.85. The summed E-state index contributed by atoms with van der Waals surface area (Å²) in [5.74, 6) is 1.41. The van der Waals surface area contributed by atoms with Crippen LogP contribution in [0.4, 0.5) is 0 Å². The molecule has 0 saturated carbocycles. The van der Waals surface area contributed by atoms with Crippen molar-refractivity contribution in [2.75, 3.05) is 7.05 Å². The molecule has 1 heterocycles. The van der Waals surface area contributed by atoms with Crippen molar-refractivity contribution >= 4 is 5.91 Å². The van der Waals surface area contributed by atoms with Crippen LogP contribution in [0.25, 0.3) is 0 Å².